The van der Waals surface area contributed by atoms with E-state index < -0.39 is 12.0 Å². The smallest absolute Gasteiger partial charge is 0.260 e. The number of likely N-dealkylation sites (N-methyl/N-ethyl adjacent to an activating group) is 1. The molecule has 0 saturated heterocycles. The van der Waals surface area contributed by atoms with Crippen LogP contribution in [0.4, 0.5) is 5.69 Å². The first kappa shape index (κ1) is 17.7. The lowest BCUT2D eigenvalue weighted by molar-refractivity contribution is -0.125. The molecule has 136 valence electrons. The first-order valence-corrected chi connectivity index (χ1v) is 9.12. The highest BCUT2D eigenvalue weighted by atomic mass is 16.5. The molecule has 1 aromatic rings. The van der Waals surface area contributed by atoms with Gasteiger partial charge in [0.25, 0.3) is 5.91 Å². The maximum atomic E-state index is 12.9. The van der Waals surface area contributed by atoms with E-state index in [0.717, 1.165) is 12.8 Å². The standard InChI is InChI=1S/C19H27N3O3/c1-21(14-8-4-2-3-5-9-14)13-18(23)22-12-17(19(20)24)25-16-11-7-6-10-15(16)22/h6-7,10-11,14,17H,2-5,8-9,12-13H2,1H3,(H2,20,24)/t17-/m1/s1. The Morgan fingerprint density at radius 2 is 1.88 bits per heavy atom. The Balaban J connectivity index is 1.72. The Morgan fingerprint density at radius 1 is 1.20 bits per heavy atom. The molecule has 1 saturated carbocycles. The van der Waals surface area contributed by atoms with Crippen LogP contribution in [-0.4, -0.2) is 49.0 Å². The number of para-hydroxylation sites is 2. The van der Waals surface area contributed by atoms with Crippen molar-refractivity contribution in [2.24, 2.45) is 5.73 Å². The van der Waals surface area contributed by atoms with E-state index in [1.807, 2.05) is 25.2 Å². The first-order valence-electron chi connectivity index (χ1n) is 9.12. The van der Waals surface area contributed by atoms with Crippen LogP contribution in [0, 0.1) is 0 Å². The molecule has 1 aliphatic heterocycles. The normalized spacial score (nSPS) is 21.4. The van der Waals surface area contributed by atoms with Crippen molar-refractivity contribution < 1.29 is 14.3 Å². The fourth-order valence-corrected chi connectivity index (χ4v) is 3.75. The van der Waals surface area contributed by atoms with Gasteiger partial charge in [-0.2, -0.15) is 0 Å². The zero-order valence-electron chi connectivity index (χ0n) is 14.8. The number of amides is 2. The molecule has 1 aliphatic carbocycles. The molecule has 1 fully saturated rings. The number of nitrogens with two attached hydrogens (primary N) is 1. The molecular weight excluding hydrogens is 318 g/mol. The molecule has 0 radical (unpaired) electrons. The van der Waals surface area contributed by atoms with Gasteiger partial charge in [0.1, 0.15) is 5.75 Å². The zero-order valence-corrected chi connectivity index (χ0v) is 14.8. The van der Waals surface area contributed by atoms with E-state index in [1.165, 1.54) is 25.7 Å². The number of carbonyl (C=O) groups is 2. The molecule has 6 nitrogen and oxygen atoms in total. The van der Waals surface area contributed by atoms with Crippen molar-refractivity contribution in [3.63, 3.8) is 0 Å². The number of carbonyl (C=O) groups excluding carboxylic acids is 2. The van der Waals surface area contributed by atoms with Crippen LogP contribution in [0.3, 0.4) is 0 Å². The molecule has 0 spiro atoms. The van der Waals surface area contributed by atoms with Gasteiger partial charge in [-0.3, -0.25) is 14.5 Å². The average molecular weight is 345 g/mol. The summed E-state index contributed by atoms with van der Waals surface area (Å²) in [7, 11) is 2.02. The molecule has 0 bridgehead atoms. The number of anilines is 1. The lowest BCUT2D eigenvalue weighted by Crippen LogP contribution is -2.52. The molecule has 1 aromatic carbocycles. The molecule has 1 heterocycles. The molecular formula is C19H27N3O3. The van der Waals surface area contributed by atoms with Gasteiger partial charge < -0.3 is 15.4 Å². The molecule has 2 N–H and O–H groups in total. The highest BCUT2D eigenvalue weighted by Crippen LogP contribution is 2.33. The van der Waals surface area contributed by atoms with Gasteiger partial charge in [0, 0.05) is 6.04 Å². The van der Waals surface area contributed by atoms with Gasteiger partial charge in [-0.05, 0) is 32.0 Å². The summed E-state index contributed by atoms with van der Waals surface area (Å²) in [6.45, 7) is 0.508. The van der Waals surface area contributed by atoms with Gasteiger partial charge in [-0.1, -0.05) is 37.8 Å². The van der Waals surface area contributed by atoms with E-state index in [2.05, 4.69) is 4.90 Å². The minimum Gasteiger partial charge on any atom is -0.477 e. The Labute approximate surface area is 148 Å². The Kier molecular flexibility index (Phi) is 5.58. The Morgan fingerprint density at radius 3 is 2.56 bits per heavy atom. The summed E-state index contributed by atoms with van der Waals surface area (Å²) in [4.78, 5) is 28.3. The highest BCUT2D eigenvalue weighted by Gasteiger charge is 2.33. The van der Waals surface area contributed by atoms with Gasteiger partial charge >= 0.3 is 0 Å². The second kappa shape index (κ2) is 7.87. The number of primary amides is 1. The number of hydrogen-bond donors (Lipinski definition) is 1. The van der Waals surface area contributed by atoms with Gasteiger partial charge in [-0.15, -0.1) is 0 Å². The van der Waals surface area contributed by atoms with Crippen LogP contribution in [0.2, 0.25) is 0 Å². The summed E-state index contributed by atoms with van der Waals surface area (Å²) in [5, 5.41) is 0. The summed E-state index contributed by atoms with van der Waals surface area (Å²) in [6, 6.07) is 7.75. The van der Waals surface area contributed by atoms with Gasteiger partial charge in [0.05, 0.1) is 18.8 Å². The third-order valence-electron chi connectivity index (χ3n) is 5.22. The highest BCUT2D eigenvalue weighted by molar-refractivity contribution is 5.98. The Bertz CT molecular complexity index is 626. The quantitative estimate of drug-likeness (QED) is 0.846. The average Bonchev–Trinajstić information content (AvgIpc) is 2.90. The Hall–Kier alpha value is -2.08. The number of hydrogen-bond acceptors (Lipinski definition) is 4. The van der Waals surface area contributed by atoms with E-state index in [-0.39, 0.29) is 12.5 Å². The fraction of sp³-hybridized carbons (Fsp3) is 0.579. The number of ether oxygens (including phenoxy) is 1. The molecule has 0 aromatic heterocycles. The number of nitrogens with zero attached hydrogens (tertiary/aromatic N) is 2. The molecule has 25 heavy (non-hydrogen) atoms. The van der Waals surface area contributed by atoms with E-state index >= 15 is 0 Å². The summed E-state index contributed by atoms with van der Waals surface area (Å²) in [5.74, 6) is -0.0406. The lowest BCUT2D eigenvalue weighted by atomic mass is 10.1. The van der Waals surface area contributed by atoms with E-state index in [9.17, 15) is 9.59 Å². The second-order valence-electron chi connectivity index (χ2n) is 7.04. The van der Waals surface area contributed by atoms with Crippen LogP contribution in [0.25, 0.3) is 0 Å². The predicted octanol–water partition coefficient (Wildman–Crippen LogP) is 1.92. The third kappa shape index (κ3) is 4.12. The van der Waals surface area contributed by atoms with Crippen LogP contribution < -0.4 is 15.4 Å². The van der Waals surface area contributed by atoms with Crippen molar-refractivity contribution >= 4 is 17.5 Å². The molecule has 0 unspecified atom stereocenters. The molecule has 2 aliphatic rings. The number of benzene rings is 1. The van der Waals surface area contributed by atoms with Gasteiger partial charge in [0.15, 0.2) is 6.10 Å². The SMILES string of the molecule is CN(CC(=O)N1C[C@H](C(N)=O)Oc2ccccc21)C1CCCCCC1. The van der Waals surface area contributed by atoms with Crippen LogP contribution >= 0.6 is 0 Å². The van der Waals surface area contributed by atoms with E-state index in [1.54, 1.807) is 11.0 Å². The van der Waals surface area contributed by atoms with E-state index in [4.69, 9.17) is 10.5 Å². The maximum absolute atomic E-state index is 12.9. The van der Waals surface area contributed by atoms with Crippen molar-refractivity contribution in [2.75, 3.05) is 25.0 Å². The van der Waals surface area contributed by atoms with E-state index in [0.29, 0.717) is 24.0 Å². The minimum atomic E-state index is -0.804. The molecule has 3 rings (SSSR count). The largest absolute Gasteiger partial charge is 0.477 e. The number of fused-ring (bicyclic) bond motifs is 1. The number of rotatable bonds is 4. The van der Waals surface area contributed by atoms with Crippen LogP contribution in [-0.2, 0) is 9.59 Å². The predicted molar refractivity (Wildman–Crippen MR) is 96.5 cm³/mol. The molecule has 1 atom stereocenters. The zero-order chi connectivity index (χ0) is 17.8. The second-order valence-corrected chi connectivity index (χ2v) is 7.04. The van der Waals surface area contributed by atoms with Crippen molar-refractivity contribution in [2.45, 2.75) is 50.7 Å². The van der Waals surface area contributed by atoms with Crippen molar-refractivity contribution in [1.82, 2.24) is 4.90 Å². The fourth-order valence-electron chi connectivity index (χ4n) is 3.75. The summed E-state index contributed by atoms with van der Waals surface area (Å²) >= 11 is 0. The lowest BCUT2D eigenvalue weighted by Gasteiger charge is -2.35. The van der Waals surface area contributed by atoms with Crippen molar-refractivity contribution in [3.8, 4) is 5.75 Å². The maximum Gasteiger partial charge on any atom is 0.260 e. The van der Waals surface area contributed by atoms with Crippen LogP contribution in [0.5, 0.6) is 5.75 Å². The van der Waals surface area contributed by atoms with Crippen LogP contribution in [0.15, 0.2) is 24.3 Å². The third-order valence-corrected chi connectivity index (χ3v) is 5.22. The molecule has 2 amide bonds. The summed E-state index contributed by atoms with van der Waals surface area (Å²) in [6.07, 6.45) is 6.52. The first-order chi connectivity index (χ1) is 12.1. The topological polar surface area (TPSA) is 75.9 Å². The molecule has 6 heteroatoms. The van der Waals surface area contributed by atoms with Crippen molar-refractivity contribution in [3.05, 3.63) is 24.3 Å². The van der Waals surface area contributed by atoms with Crippen molar-refractivity contribution in [1.29, 1.82) is 0 Å². The summed E-state index contributed by atoms with van der Waals surface area (Å²) < 4.78 is 5.63. The van der Waals surface area contributed by atoms with Gasteiger partial charge in [-0.25, -0.2) is 0 Å². The van der Waals surface area contributed by atoms with Crippen LogP contribution in [0.1, 0.15) is 38.5 Å². The van der Waals surface area contributed by atoms with Gasteiger partial charge in [0.2, 0.25) is 5.91 Å². The monoisotopic (exact) mass is 345 g/mol. The minimum absolute atomic E-state index is 0.0197. The summed E-state index contributed by atoms with van der Waals surface area (Å²) in [5.41, 5.74) is 6.12.